The lowest BCUT2D eigenvalue weighted by Gasteiger charge is -2.24. The summed E-state index contributed by atoms with van der Waals surface area (Å²) in [7, 11) is 0. The van der Waals surface area contributed by atoms with E-state index in [2.05, 4.69) is 9.80 Å². The van der Waals surface area contributed by atoms with E-state index in [9.17, 15) is 9.59 Å². The summed E-state index contributed by atoms with van der Waals surface area (Å²) in [5, 5.41) is 8.76. The number of aliphatic carboxylic acids is 1. The Kier molecular flexibility index (Phi) is 18.2. The van der Waals surface area contributed by atoms with Crippen LogP contribution < -0.4 is 21.3 Å². The van der Waals surface area contributed by atoms with Gasteiger partial charge in [-0.15, -0.1) is 46.4 Å². The molecule has 2 atom stereocenters. The van der Waals surface area contributed by atoms with Crippen molar-refractivity contribution in [1.82, 2.24) is 0 Å². The fourth-order valence-electron chi connectivity index (χ4n) is 3.89. The lowest BCUT2D eigenvalue weighted by atomic mass is 10.1. The summed E-state index contributed by atoms with van der Waals surface area (Å²) >= 11 is 23.1. The van der Waals surface area contributed by atoms with Crippen molar-refractivity contribution >= 4 is 69.7 Å². The first-order chi connectivity index (χ1) is 19.8. The smallest absolute Gasteiger partial charge is 0.323 e. The van der Waals surface area contributed by atoms with Gasteiger partial charge in [-0.2, -0.15) is 0 Å². The summed E-state index contributed by atoms with van der Waals surface area (Å²) < 4.78 is 5.30. The number of anilines is 2. The zero-order valence-electron chi connectivity index (χ0n) is 24.6. The second kappa shape index (κ2) is 20.1. The van der Waals surface area contributed by atoms with Crippen molar-refractivity contribution in [3.63, 3.8) is 0 Å². The van der Waals surface area contributed by atoms with Crippen LogP contribution in [-0.4, -0.2) is 84.4 Å². The normalized spacial score (nSPS) is 12.5. The van der Waals surface area contributed by atoms with Crippen LogP contribution in [0.1, 0.15) is 31.9 Å². The first-order valence-electron chi connectivity index (χ1n) is 13.7. The maximum absolute atomic E-state index is 11.9. The predicted octanol–water partition coefficient (Wildman–Crippen LogP) is 5.11. The third kappa shape index (κ3) is 15.0. The number of hydrogen-bond donors (Lipinski definition) is 3. The standard InChI is InChI=1S/C17H26Cl2N2O2.C13H18Cl2N2O2/c1-17(2,3)23-16(22)15(20)12-13-4-6-14(7-5-13)21(10-8-18)11-9-19;14-5-7-17(8-6-15)11-3-1-10(2-4-11)9-12(16)13(18)19/h4-7,15H,8-12,20H2,1-3H3;1-4,12H,5-9,16H2,(H,18,19)/t15-;12-/m00/s1. The molecule has 2 rings (SSSR count). The minimum Gasteiger partial charge on any atom is -0.480 e. The van der Waals surface area contributed by atoms with Crippen molar-refractivity contribution in [1.29, 1.82) is 0 Å². The molecule has 0 bridgehead atoms. The molecule has 0 aliphatic heterocycles. The molecule has 0 amide bonds. The van der Waals surface area contributed by atoms with Gasteiger partial charge in [0.1, 0.15) is 17.7 Å². The average Bonchev–Trinajstić information content (AvgIpc) is 2.93. The molecule has 0 radical (unpaired) electrons. The molecule has 0 aliphatic rings. The maximum atomic E-state index is 11.9. The highest BCUT2D eigenvalue weighted by Gasteiger charge is 2.22. The molecule has 2 aromatic rings. The number of alkyl halides is 4. The first kappa shape index (κ1) is 38.1. The largest absolute Gasteiger partial charge is 0.480 e. The van der Waals surface area contributed by atoms with Crippen molar-refractivity contribution in [3.8, 4) is 0 Å². The van der Waals surface area contributed by atoms with Crippen molar-refractivity contribution < 1.29 is 19.4 Å². The Hall–Kier alpha value is -1.94. The van der Waals surface area contributed by atoms with Gasteiger partial charge >= 0.3 is 11.9 Å². The molecule has 236 valence electrons. The molecule has 0 saturated heterocycles. The van der Waals surface area contributed by atoms with Gasteiger partial charge in [-0.3, -0.25) is 9.59 Å². The Morgan fingerprint density at radius 2 is 1.05 bits per heavy atom. The van der Waals surface area contributed by atoms with Gasteiger partial charge < -0.3 is 31.1 Å². The number of nitrogens with two attached hydrogens (primary N) is 2. The Labute approximate surface area is 270 Å². The number of carbonyl (C=O) groups excluding carboxylic acids is 1. The van der Waals surface area contributed by atoms with E-state index in [0.717, 1.165) is 48.7 Å². The van der Waals surface area contributed by atoms with E-state index in [1.165, 1.54) is 0 Å². The van der Waals surface area contributed by atoms with Gasteiger partial charge in [0.25, 0.3) is 0 Å². The van der Waals surface area contributed by atoms with E-state index < -0.39 is 23.7 Å². The van der Waals surface area contributed by atoms with Crippen molar-refractivity contribution in [2.75, 3.05) is 59.5 Å². The molecule has 0 aliphatic carbocycles. The van der Waals surface area contributed by atoms with Gasteiger partial charge in [-0.05, 0) is 69.0 Å². The Bertz CT molecular complexity index is 1040. The van der Waals surface area contributed by atoms with Gasteiger partial charge in [0.05, 0.1) is 0 Å². The second-order valence-electron chi connectivity index (χ2n) is 10.6. The zero-order valence-corrected chi connectivity index (χ0v) is 27.6. The minimum atomic E-state index is -0.991. The number of carboxylic acids is 1. The van der Waals surface area contributed by atoms with Crippen molar-refractivity contribution in [2.24, 2.45) is 11.5 Å². The molecular formula is C30H44Cl4N4O4. The van der Waals surface area contributed by atoms with Gasteiger partial charge in [-0.25, -0.2) is 0 Å². The first-order valence-corrected chi connectivity index (χ1v) is 15.9. The van der Waals surface area contributed by atoms with Gasteiger partial charge in [0.2, 0.25) is 0 Å². The van der Waals surface area contributed by atoms with Crippen LogP contribution in [0.2, 0.25) is 0 Å². The fourth-order valence-corrected chi connectivity index (χ4v) is 4.71. The van der Waals surface area contributed by atoms with E-state index in [1.807, 2.05) is 69.3 Å². The number of esters is 1. The molecule has 0 fully saturated rings. The van der Waals surface area contributed by atoms with Gasteiger partial charge in [0, 0.05) is 61.1 Å². The number of hydrogen-bond acceptors (Lipinski definition) is 7. The van der Waals surface area contributed by atoms with Crippen molar-refractivity contribution in [3.05, 3.63) is 59.7 Å². The topological polar surface area (TPSA) is 122 Å². The molecule has 0 heterocycles. The number of halogens is 4. The molecule has 2 aromatic carbocycles. The Morgan fingerprint density at radius 1 is 0.714 bits per heavy atom. The average molecular weight is 667 g/mol. The summed E-state index contributed by atoms with van der Waals surface area (Å²) in [5.74, 6) is 0.775. The summed E-state index contributed by atoms with van der Waals surface area (Å²) in [6.45, 7) is 8.42. The Morgan fingerprint density at radius 3 is 1.33 bits per heavy atom. The molecule has 42 heavy (non-hydrogen) atoms. The van der Waals surface area contributed by atoms with E-state index in [-0.39, 0.29) is 5.97 Å². The van der Waals surface area contributed by atoms with Crippen LogP contribution in [0.3, 0.4) is 0 Å². The fraction of sp³-hybridized carbons (Fsp3) is 0.533. The van der Waals surface area contributed by atoms with E-state index >= 15 is 0 Å². The number of carboxylic acid groups (broad SMARTS) is 1. The molecule has 5 N–H and O–H groups in total. The highest BCUT2D eigenvalue weighted by molar-refractivity contribution is 6.19. The van der Waals surface area contributed by atoms with E-state index in [4.69, 9.17) is 67.7 Å². The molecule has 0 unspecified atom stereocenters. The highest BCUT2D eigenvalue weighted by Crippen LogP contribution is 2.18. The molecule has 8 nitrogen and oxygen atoms in total. The summed E-state index contributed by atoms with van der Waals surface area (Å²) in [4.78, 5) is 26.8. The SMILES string of the molecule is CC(C)(C)OC(=O)[C@@H](N)Cc1ccc(N(CCCl)CCCl)cc1.N[C@@H](Cc1ccc(N(CCCl)CCCl)cc1)C(=O)O. The number of benzene rings is 2. The van der Waals surface area contributed by atoms with Crippen LogP contribution in [-0.2, 0) is 27.2 Å². The quantitative estimate of drug-likeness (QED) is 0.167. The van der Waals surface area contributed by atoms with Crippen LogP contribution in [0.5, 0.6) is 0 Å². The molecule has 12 heteroatoms. The number of ether oxygens (including phenoxy) is 1. The molecule has 0 spiro atoms. The summed E-state index contributed by atoms with van der Waals surface area (Å²) in [6.07, 6.45) is 0.765. The number of rotatable bonds is 16. The van der Waals surface area contributed by atoms with Crippen LogP contribution in [0.25, 0.3) is 0 Å². The van der Waals surface area contributed by atoms with Gasteiger partial charge in [0.15, 0.2) is 0 Å². The lowest BCUT2D eigenvalue weighted by Crippen LogP contribution is -2.38. The second-order valence-corrected chi connectivity index (χ2v) is 12.1. The predicted molar refractivity (Wildman–Crippen MR) is 177 cm³/mol. The van der Waals surface area contributed by atoms with Crippen LogP contribution in [0.15, 0.2) is 48.5 Å². The summed E-state index contributed by atoms with van der Waals surface area (Å²) in [5.41, 5.74) is 14.9. The zero-order chi connectivity index (χ0) is 31.7. The number of nitrogens with zero attached hydrogens (tertiary/aromatic N) is 2. The van der Waals surface area contributed by atoms with Crippen LogP contribution in [0, 0.1) is 0 Å². The molecule has 0 saturated carbocycles. The van der Waals surface area contributed by atoms with Gasteiger partial charge in [-0.1, -0.05) is 24.3 Å². The third-order valence-corrected chi connectivity index (χ3v) is 6.63. The Balaban J connectivity index is 0.000000428. The highest BCUT2D eigenvalue weighted by atomic mass is 35.5. The van der Waals surface area contributed by atoms with E-state index in [1.54, 1.807) is 0 Å². The van der Waals surface area contributed by atoms with E-state index in [0.29, 0.717) is 36.4 Å². The van der Waals surface area contributed by atoms with Crippen LogP contribution in [0.4, 0.5) is 11.4 Å². The van der Waals surface area contributed by atoms with Crippen LogP contribution >= 0.6 is 46.4 Å². The third-order valence-electron chi connectivity index (χ3n) is 5.96. The maximum Gasteiger partial charge on any atom is 0.323 e. The summed E-state index contributed by atoms with van der Waals surface area (Å²) in [6, 6.07) is 14.0. The minimum absolute atomic E-state index is 0.320. The molecule has 0 aromatic heterocycles. The molecular weight excluding hydrogens is 622 g/mol. The van der Waals surface area contributed by atoms with Crippen molar-refractivity contribution in [2.45, 2.75) is 51.3 Å². The lowest BCUT2D eigenvalue weighted by molar-refractivity contribution is -0.156. The monoisotopic (exact) mass is 664 g/mol. The number of carbonyl (C=O) groups is 2.